The Morgan fingerprint density at radius 2 is 1.73 bits per heavy atom. The topological polar surface area (TPSA) is 93.0 Å². The number of aromatic hydroxyl groups is 2. The fourth-order valence-corrected chi connectivity index (χ4v) is 4.36. The maximum atomic E-state index is 10.5. The summed E-state index contributed by atoms with van der Waals surface area (Å²) in [6, 6.07) is 15.8. The van der Waals surface area contributed by atoms with Crippen molar-refractivity contribution in [3.8, 4) is 34.5 Å². The third-order valence-corrected chi connectivity index (χ3v) is 6.00. The molecule has 0 radical (unpaired) electrons. The quantitative estimate of drug-likeness (QED) is 0.599. The third-order valence-electron chi connectivity index (χ3n) is 6.00. The van der Waals surface area contributed by atoms with Crippen LogP contribution in [0.25, 0.3) is 0 Å². The Balaban J connectivity index is 1.63. The molecule has 2 atom stereocenters. The summed E-state index contributed by atoms with van der Waals surface area (Å²) in [5.74, 6) is 2.39. The second-order valence-electron chi connectivity index (χ2n) is 7.81. The predicted molar refractivity (Wildman–Crippen MR) is 121 cm³/mol. The first-order valence-corrected chi connectivity index (χ1v) is 10.5. The molecule has 0 aliphatic carbocycles. The van der Waals surface area contributed by atoms with Crippen LogP contribution in [0.4, 0.5) is 0 Å². The maximum Gasteiger partial charge on any atom is 0.214 e. The summed E-state index contributed by atoms with van der Waals surface area (Å²) in [4.78, 5) is 0. The molecule has 0 saturated carbocycles. The Labute approximate surface area is 191 Å². The molecule has 2 aliphatic heterocycles. The van der Waals surface area contributed by atoms with Crippen LogP contribution in [0.5, 0.6) is 34.5 Å². The Hall–Kier alpha value is -4.07. The summed E-state index contributed by atoms with van der Waals surface area (Å²) in [6.45, 7) is 0. The number of para-hydroxylation sites is 1. The van der Waals surface area contributed by atoms with E-state index in [1.807, 2.05) is 29.3 Å². The molecule has 0 saturated heterocycles. The number of nitrogens with zero attached hydrogens (tertiary/aromatic N) is 2. The highest BCUT2D eigenvalue weighted by Gasteiger charge is 2.42. The van der Waals surface area contributed by atoms with E-state index in [0.29, 0.717) is 46.3 Å². The Bertz CT molecular complexity index is 1240. The van der Waals surface area contributed by atoms with Crippen LogP contribution in [0.3, 0.4) is 0 Å². The highest BCUT2D eigenvalue weighted by Crippen LogP contribution is 2.51. The average Bonchev–Trinajstić information content (AvgIpc) is 3.29. The molecule has 2 heterocycles. The molecule has 2 N–H and O–H groups in total. The summed E-state index contributed by atoms with van der Waals surface area (Å²) in [5, 5.41) is 27.6. The molecule has 3 aromatic rings. The van der Waals surface area contributed by atoms with Gasteiger partial charge < -0.3 is 29.2 Å². The van der Waals surface area contributed by atoms with Crippen molar-refractivity contribution in [1.29, 1.82) is 0 Å². The monoisotopic (exact) mass is 448 g/mol. The van der Waals surface area contributed by atoms with Gasteiger partial charge in [0.05, 0.1) is 33.1 Å². The zero-order valence-corrected chi connectivity index (χ0v) is 18.5. The number of benzene rings is 3. The van der Waals surface area contributed by atoms with Crippen molar-refractivity contribution >= 4 is 5.71 Å². The number of hydrogen-bond acceptors (Lipinski definition) is 8. The summed E-state index contributed by atoms with van der Waals surface area (Å²) in [6.07, 6.45) is -0.0797. The fourth-order valence-electron chi connectivity index (χ4n) is 4.36. The van der Waals surface area contributed by atoms with E-state index in [1.165, 1.54) is 7.11 Å². The molecule has 0 amide bonds. The van der Waals surface area contributed by atoms with Crippen LogP contribution < -0.4 is 18.9 Å². The van der Waals surface area contributed by atoms with Crippen molar-refractivity contribution in [3.05, 3.63) is 71.3 Å². The average molecular weight is 448 g/mol. The Kier molecular flexibility index (Phi) is 5.12. The van der Waals surface area contributed by atoms with Gasteiger partial charge in [0.15, 0.2) is 23.0 Å². The number of ether oxygens (including phenoxy) is 4. The second kappa shape index (κ2) is 8.12. The van der Waals surface area contributed by atoms with Gasteiger partial charge in [-0.2, -0.15) is 5.10 Å². The molecule has 0 fully saturated rings. The highest BCUT2D eigenvalue weighted by molar-refractivity contribution is 6.04. The minimum Gasteiger partial charge on any atom is -0.507 e. The van der Waals surface area contributed by atoms with Crippen LogP contribution in [-0.4, -0.2) is 42.3 Å². The van der Waals surface area contributed by atoms with Crippen LogP contribution in [0.1, 0.15) is 35.4 Å². The minimum atomic E-state index is -0.624. The van der Waals surface area contributed by atoms with E-state index in [-0.39, 0.29) is 17.5 Å². The summed E-state index contributed by atoms with van der Waals surface area (Å²) in [7, 11) is 4.68. The molecule has 2 aliphatic rings. The number of phenols is 2. The standard InChI is InChI=1S/C25H24N2O6/c1-30-15-8-9-20(28)17(12-15)18-13-19-16-5-4-6-23(32-3)24(16)33-25(27(19)26-18)14-7-10-22(31-2)21(29)11-14/h4-12,19,25,28-29H,13H2,1-3H3/t19-,25+/m1/s1. The molecular weight excluding hydrogens is 424 g/mol. The molecule has 5 rings (SSSR count). The number of methoxy groups -OCH3 is 3. The number of hydrogen-bond donors (Lipinski definition) is 2. The molecule has 3 aromatic carbocycles. The van der Waals surface area contributed by atoms with Gasteiger partial charge in [-0.05, 0) is 42.5 Å². The van der Waals surface area contributed by atoms with Gasteiger partial charge in [0.1, 0.15) is 11.5 Å². The first-order chi connectivity index (χ1) is 16.0. The van der Waals surface area contributed by atoms with Gasteiger partial charge >= 0.3 is 0 Å². The fraction of sp³-hybridized carbons (Fsp3) is 0.240. The number of fused-ring (bicyclic) bond motifs is 3. The highest BCUT2D eigenvalue weighted by atomic mass is 16.5. The van der Waals surface area contributed by atoms with E-state index >= 15 is 0 Å². The molecule has 0 spiro atoms. The minimum absolute atomic E-state index is 0.00909. The number of hydrazone groups is 1. The lowest BCUT2D eigenvalue weighted by Crippen LogP contribution is -2.33. The zero-order valence-electron chi connectivity index (χ0n) is 18.5. The number of phenolic OH excluding ortho intramolecular Hbond substituents is 2. The van der Waals surface area contributed by atoms with Gasteiger partial charge in [-0.3, -0.25) is 0 Å². The molecule has 0 bridgehead atoms. The lowest BCUT2D eigenvalue weighted by Gasteiger charge is -2.38. The van der Waals surface area contributed by atoms with E-state index in [4.69, 9.17) is 24.0 Å². The summed E-state index contributed by atoms with van der Waals surface area (Å²) < 4.78 is 22.5. The maximum absolute atomic E-state index is 10.5. The lowest BCUT2D eigenvalue weighted by molar-refractivity contribution is -0.0210. The lowest BCUT2D eigenvalue weighted by atomic mass is 9.95. The van der Waals surface area contributed by atoms with E-state index < -0.39 is 6.23 Å². The number of rotatable bonds is 5. The Morgan fingerprint density at radius 3 is 2.45 bits per heavy atom. The molecule has 0 aromatic heterocycles. The van der Waals surface area contributed by atoms with Gasteiger partial charge in [0.25, 0.3) is 0 Å². The van der Waals surface area contributed by atoms with Crippen molar-refractivity contribution in [2.24, 2.45) is 5.10 Å². The van der Waals surface area contributed by atoms with Crippen LogP contribution in [0.2, 0.25) is 0 Å². The molecule has 8 heteroatoms. The summed E-state index contributed by atoms with van der Waals surface area (Å²) >= 11 is 0. The van der Waals surface area contributed by atoms with Gasteiger partial charge in [-0.1, -0.05) is 12.1 Å². The van der Waals surface area contributed by atoms with Crippen molar-refractivity contribution in [3.63, 3.8) is 0 Å². The zero-order chi connectivity index (χ0) is 23.1. The molecular formula is C25H24N2O6. The largest absolute Gasteiger partial charge is 0.507 e. The molecule has 0 unspecified atom stereocenters. The van der Waals surface area contributed by atoms with E-state index in [1.54, 1.807) is 44.6 Å². The predicted octanol–water partition coefficient (Wildman–Crippen LogP) is 4.37. The molecule has 8 nitrogen and oxygen atoms in total. The first kappa shape index (κ1) is 20.8. The van der Waals surface area contributed by atoms with Gasteiger partial charge in [-0.15, -0.1) is 0 Å². The van der Waals surface area contributed by atoms with Gasteiger partial charge in [-0.25, -0.2) is 5.01 Å². The van der Waals surface area contributed by atoms with Crippen LogP contribution in [-0.2, 0) is 0 Å². The smallest absolute Gasteiger partial charge is 0.214 e. The van der Waals surface area contributed by atoms with Gasteiger partial charge in [0.2, 0.25) is 6.23 Å². The van der Waals surface area contributed by atoms with Crippen LogP contribution in [0, 0.1) is 0 Å². The van der Waals surface area contributed by atoms with E-state index in [0.717, 1.165) is 5.56 Å². The molecule has 170 valence electrons. The SMILES string of the molecule is COc1ccc(O)c(C2=NN3[C@H](C2)c2cccc(OC)c2O[C@H]3c2ccc(OC)c(O)c2)c1. The van der Waals surface area contributed by atoms with E-state index in [2.05, 4.69) is 0 Å². The first-order valence-electron chi connectivity index (χ1n) is 10.5. The second-order valence-corrected chi connectivity index (χ2v) is 7.81. The van der Waals surface area contributed by atoms with Gasteiger partial charge in [0, 0.05) is 23.1 Å². The van der Waals surface area contributed by atoms with Crippen molar-refractivity contribution in [1.82, 2.24) is 5.01 Å². The van der Waals surface area contributed by atoms with Crippen LogP contribution in [0.15, 0.2) is 59.7 Å². The normalized spacial score (nSPS) is 18.6. The van der Waals surface area contributed by atoms with Crippen molar-refractivity contribution in [2.75, 3.05) is 21.3 Å². The molecule has 33 heavy (non-hydrogen) atoms. The van der Waals surface area contributed by atoms with Crippen LogP contribution >= 0.6 is 0 Å². The van der Waals surface area contributed by atoms with Crippen molar-refractivity contribution < 1.29 is 29.2 Å². The summed E-state index contributed by atoms with van der Waals surface area (Å²) in [5.41, 5.74) is 2.95. The Morgan fingerprint density at radius 1 is 0.909 bits per heavy atom. The third kappa shape index (κ3) is 3.44. The van der Waals surface area contributed by atoms with Crippen molar-refractivity contribution in [2.45, 2.75) is 18.7 Å². The van der Waals surface area contributed by atoms with E-state index in [9.17, 15) is 10.2 Å².